The van der Waals surface area contributed by atoms with Crippen LogP contribution >= 0.6 is 0 Å². The van der Waals surface area contributed by atoms with E-state index in [1.54, 1.807) is 20.2 Å². The molecule has 27 heavy (non-hydrogen) atoms. The highest BCUT2D eigenvalue weighted by molar-refractivity contribution is 5.79. The molecule has 0 saturated carbocycles. The maximum atomic E-state index is 13.9. The zero-order valence-corrected chi connectivity index (χ0v) is 16.6. The van der Waals surface area contributed by atoms with Gasteiger partial charge in [-0.15, -0.1) is 0 Å². The standard InChI is InChI=1S/C21H29FN4O/c1-23-21(24-12-11-17-7-5-6-8-20(17)27-4)25-14-16-9-10-19(22)18(13-16)15-26(2)3/h5-10,13H,11-12,14-15H2,1-4H3,(H2,23,24,25). The summed E-state index contributed by atoms with van der Waals surface area (Å²) in [4.78, 5) is 6.20. The highest BCUT2D eigenvalue weighted by Gasteiger charge is 2.06. The van der Waals surface area contributed by atoms with E-state index in [0.717, 1.165) is 29.8 Å². The zero-order valence-electron chi connectivity index (χ0n) is 16.6. The Kier molecular flexibility index (Phi) is 8.07. The molecule has 0 aromatic heterocycles. The van der Waals surface area contributed by atoms with Gasteiger partial charge in [0, 0.05) is 32.2 Å². The van der Waals surface area contributed by atoms with E-state index in [2.05, 4.69) is 21.7 Å². The number of aliphatic imine (C=N–C) groups is 1. The molecule has 0 bridgehead atoms. The summed E-state index contributed by atoms with van der Waals surface area (Å²) in [6.45, 7) is 1.88. The van der Waals surface area contributed by atoms with E-state index in [1.807, 2.05) is 43.3 Å². The minimum absolute atomic E-state index is 0.174. The number of halogens is 1. The van der Waals surface area contributed by atoms with E-state index >= 15 is 0 Å². The van der Waals surface area contributed by atoms with Gasteiger partial charge in [-0.2, -0.15) is 0 Å². The summed E-state index contributed by atoms with van der Waals surface area (Å²) in [5, 5.41) is 6.57. The maximum Gasteiger partial charge on any atom is 0.191 e. The molecule has 5 nitrogen and oxygen atoms in total. The van der Waals surface area contributed by atoms with Crippen LogP contribution in [0, 0.1) is 5.82 Å². The van der Waals surface area contributed by atoms with Crippen molar-refractivity contribution < 1.29 is 9.13 Å². The Hall–Kier alpha value is -2.60. The van der Waals surface area contributed by atoms with Crippen LogP contribution in [0.2, 0.25) is 0 Å². The van der Waals surface area contributed by atoms with Crippen molar-refractivity contribution in [3.63, 3.8) is 0 Å². The number of guanidine groups is 1. The van der Waals surface area contributed by atoms with Gasteiger partial charge in [0.2, 0.25) is 0 Å². The number of hydrogen-bond acceptors (Lipinski definition) is 3. The number of hydrogen-bond donors (Lipinski definition) is 2. The molecule has 146 valence electrons. The average Bonchev–Trinajstić information content (AvgIpc) is 2.66. The summed E-state index contributed by atoms with van der Waals surface area (Å²) < 4.78 is 19.3. The SMILES string of the molecule is CN=C(NCCc1ccccc1OC)NCc1ccc(F)c(CN(C)C)c1. The van der Waals surface area contributed by atoms with Gasteiger partial charge in [0.15, 0.2) is 5.96 Å². The van der Waals surface area contributed by atoms with Crippen LogP contribution in [0.3, 0.4) is 0 Å². The van der Waals surface area contributed by atoms with Crippen molar-refractivity contribution in [3.05, 3.63) is 65.0 Å². The van der Waals surface area contributed by atoms with Crippen LogP contribution in [0.4, 0.5) is 4.39 Å². The number of rotatable bonds is 8. The number of nitrogens with zero attached hydrogens (tertiary/aromatic N) is 2. The second-order valence-electron chi connectivity index (χ2n) is 6.58. The normalized spacial score (nSPS) is 11.6. The van der Waals surface area contributed by atoms with Crippen LogP contribution in [-0.4, -0.2) is 45.7 Å². The highest BCUT2D eigenvalue weighted by Crippen LogP contribution is 2.17. The first kappa shape index (κ1) is 20.7. The summed E-state index contributed by atoms with van der Waals surface area (Å²) in [6.07, 6.45) is 0.828. The Morgan fingerprint density at radius 3 is 2.59 bits per heavy atom. The molecule has 0 radical (unpaired) electrons. The Morgan fingerprint density at radius 1 is 1.11 bits per heavy atom. The molecule has 2 aromatic rings. The fraction of sp³-hybridized carbons (Fsp3) is 0.381. The number of benzene rings is 2. The first-order valence-electron chi connectivity index (χ1n) is 9.02. The average molecular weight is 372 g/mol. The summed E-state index contributed by atoms with van der Waals surface area (Å²) in [6, 6.07) is 13.2. The van der Waals surface area contributed by atoms with Gasteiger partial charge in [0.05, 0.1) is 7.11 Å². The molecule has 0 aliphatic carbocycles. The fourth-order valence-corrected chi connectivity index (χ4v) is 2.83. The molecule has 0 amide bonds. The quantitative estimate of drug-likeness (QED) is 0.553. The summed E-state index contributed by atoms with van der Waals surface area (Å²) in [5.41, 5.74) is 2.86. The van der Waals surface area contributed by atoms with Gasteiger partial charge >= 0.3 is 0 Å². The molecule has 2 N–H and O–H groups in total. The molecule has 2 rings (SSSR count). The molecule has 0 fully saturated rings. The van der Waals surface area contributed by atoms with Gasteiger partial charge in [0.1, 0.15) is 11.6 Å². The Morgan fingerprint density at radius 2 is 1.89 bits per heavy atom. The lowest BCUT2D eigenvalue weighted by Gasteiger charge is -2.15. The Bertz CT molecular complexity index is 762. The predicted molar refractivity (Wildman–Crippen MR) is 109 cm³/mol. The van der Waals surface area contributed by atoms with E-state index in [1.165, 1.54) is 6.07 Å². The van der Waals surface area contributed by atoms with Gasteiger partial charge in [-0.1, -0.05) is 24.3 Å². The van der Waals surface area contributed by atoms with Crippen molar-refractivity contribution >= 4 is 5.96 Å². The molecule has 2 aromatic carbocycles. The van der Waals surface area contributed by atoms with Crippen LogP contribution < -0.4 is 15.4 Å². The first-order valence-corrected chi connectivity index (χ1v) is 9.02. The van der Waals surface area contributed by atoms with Crippen molar-refractivity contribution in [2.45, 2.75) is 19.5 Å². The third kappa shape index (κ3) is 6.57. The number of ether oxygens (including phenoxy) is 1. The van der Waals surface area contributed by atoms with Gasteiger partial charge in [-0.3, -0.25) is 4.99 Å². The van der Waals surface area contributed by atoms with E-state index < -0.39 is 0 Å². The lowest BCUT2D eigenvalue weighted by atomic mass is 10.1. The molecule has 0 unspecified atom stereocenters. The second kappa shape index (κ2) is 10.5. The third-order valence-corrected chi connectivity index (χ3v) is 4.16. The number of methoxy groups -OCH3 is 1. The van der Waals surface area contributed by atoms with Gasteiger partial charge in [-0.25, -0.2) is 4.39 Å². The molecule has 6 heteroatoms. The molecule has 0 saturated heterocycles. The molecule has 0 aliphatic heterocycles. The van der Waals surface area contributed by atoms with E-state index in [9.17, 15) is 4.39 Å². The third-order valence-electron chi connectivity index (χ3n) is 4.16. The van der Waals surface area contributed by atoms with Crippen molar-refractivity contribution in [2.75, 3.05) is 34.8 Å². The van der Waals surface area contributed by atoms with Crippen LogP contribution in [0.1, 0.15) is 16.7 Å². The molecule has 0 atom stereocenters. The van der Waals surface area contributed by atoms with Crippen molar-refractivity contribution in [1.29, 1.82) is 0 Å². The minimum Gasteiger partial charge on any atom is -0.496 e. The summed E-state index contributed by atoms with van der Waals surface area (Å²) >= 11 is 0. The van der Waals surface area contributed by atoms with Crippen LogP contribution in [0.25, 0.3) is 0 Å². The smallest absolute Gasteiger partial charge is 0.191 e. The van der Waals surface area contributed by atoms with E-state index in [4.69, 9.17) is 4.74 Å². The number of para-hydroxylation sites is 1. The maximum absolute atomic E-state index is 13.9. The second-order valence-corrected chi connectivity index (χ2v) is 6.58. The largest absolute Gasteiger partial charge is 0.496 e. The minimum atomic E-state index is -0.174. The summed E-state index contributed by atoms with van der Waals surface area (Å²) in [7, 11) is 7.27. The lowest BCUT2D eigenvalue weighted by molar-refractivity contribution is 0.392. The monoisotopic (exact) mass is 372 g/mol. The predicted octanol–water partition coefficient (Wildman–Crippen LogP) is 2.80. The molecule has 0 spiro atoms. The van der Waals surface area contributed by atoms with Gasteiger partial charge in [0.25, 0.3) is 0 Å². The van der Waals surface area contributed by atoms with Gasteiger partial charge in [-0.05, 0) is 49.8 Å². The van der Waals surface area contributed by atoms with Crippen LogP contribution in [0.15, 0.2) is 47.5 Å². The zero-order chi connectivity index (χ0) is 19.6. The van der Waals surface area contributed by atoms with Crippen molar-refractivity contribution in [3.8, 4) is 5.75 Å². The molecule has 0 aliphatic rings. The van der Waals surface area contributed by atoms with Crippen molar-refractivity contribution in [1.82, 2.24) is 15.5 Å². The van der Waals surface area contributed by atoms with Crippen LogP contribution in [-0.2, 0) is 19.5 Å². The topological polar surface area (TPSA) is 48.9 Å². The van der Waals surface area contributed by atoms with E-state index in [0.29, 0.717) is 24.6 Å². The Labute approximate surface area is 161 Å². The van der Waals surface area contributed by atoms with Crippen molar-refractivity contribution in [2.24, 2.45) is 4.99 Å². The first-order chi connectivity index (χ1) is 13.0. The highest BCUT2D eigenvalue weighted by atomic mass is 19.1. The number of nitrogens with one attached hydrogen (secondary N) is 2. The molecular weight excluding hydrogens is 343 g/mol. The summed E-state index contributed by atoms with van der Waals surface area (Å²) in [5.74, 6) is 1.43. The van der Waals surface area contributed by atoms with Gasteiger partial charge < -0.3 is 20.3 Å². The molecule has 0 heterocycles. The Balaban J connectivity index is 1.87. The van der Waals surface area contributed by atoms with Crippen LogP contribution in [0.5, 0.6) is 5.75 Å². The van der Waals surface area contributed by atoms with E-state index in [-0.39, 0.29) is 5.82 Å². The fourth-order valence-electron chi connectivity index (χ4n) is 2.83. The molecular formula is C21H29FN4O. The lowest BCUT2D eigenvalue weighted by Crippen LogP contribution is -2.37.